The predicted molar refractivity (Wildman–Crippen MR) is 61.3 cm³/mol. The molecule has 16 heavy (non-hydrogen) atoms. The Kier molecular flexibility index (Phi) is 5.92. The smallest absolute Gasteiger partial charge is 0.338 e. The molecule has 3 heteroatoms. The van der Waals surface area contributed by atoms with E-state index in [4.69, 9.17) is 4.74 Å². The predicted octanol–water partition coefficient (Wildman–Crippen LogP) is 2.60. The fraction of sp³-hybridized carbons (Fsp3) is 0.385. The number of hydrogen-bond donors (Lipinski definition) is 0. The van der Waals surface area contributed by atoms with E-state index in [1.807, 2.05) is 6.07 Å². The van der Waals surface area contributed by atoms with Crippen molar-refractivity contribution in [1.82, 2.24) is 0 Å². The van der Waals surface area contributed by atoms with Crippen LogP contribution in [-0.4, -0.2) is 18.9 Å². The van der Waals surface area contributed by atoms with Crippen LogP contribution in [0.2, 0.25) is 0 Å². The van der Waals surface area contributed by atoms with E-state index in [9.17, 15) is 9.59 Å². The van der Waals surface area contributed by atoms with Crippen LogP contribution in [0.1, 0.15) is 36.0 Å². The number of esters is 1. The van der Waals surface area contributed by atoms with E-state index in [0.717, 1.165) is 25.5 Å². The van der Waals surface area contributed by atoms with Gasteiger partial charge >= 0.3 is 5.97 Å². The summed E-state index contributed by atoms with van der Waals surface area (Å²) in [5.41, 5.74) is 0.579. The van der Waals surface area contributed by atoms with Crippen molar-refractivity contribution < 1.29 is 14.3 Å². The molecule has 0 saturated carbocycles. The lowest BCUT2D eigenvalue weighted by molar-refractivity contribution is -0.107. The molecule has 3 nitrogen and oxygen atoms in total. The molecule has 0 aliphatic heterocycles. The number of carbonyl (C=O) groups is 2. The van der Waals surface area contributed by atoms with Gasteiger partial charge in [0.25, 0.3) is 0 Å². The van der Waals surface area contributed by atoms with Crippen LogP contribution < -0.4 is 0 Å². The van der Waals surface area contributed by atoms with Gasteiger partial charge in [-0.25, -0.2) is 4.79 Å². The molecule has 0 unspecified atom stereocenters. The molecule has 1 aromatic rings. The fourth-order valence-corrected chi connectivity index (χ4v) is 1.33. The Hall–Kier alpha value is -1.64. The molecule has 0 heterocycles. The standard InChI is InChI=1S/C13H16O3/c14-10-6-1-2-7-11-16-13(15)12-8-4-3-5-9-12/h3-5,8-10H,1-2,6-7,11H2. The first-order valence-electron chi connectivity index (χ1n) is 5.50. The number of benzene rings is 1. The third kappa shape index (κ3) is 4.73. The number of ether oxygens (including phenoxy) is 1. The van der Waals surface area contributed by atoms with Gasteiger partial charge in [-0.05, 0) is 31.4 Å². The van der Waals surface area contributed by atoms with Crippen LogP contribution >= 0.6 is 0 Å². The van der Waals surface area contributed by atoms with Crippen LogP contribution in [0, 0.1) is 0 Å². The highest BCUT2D eigenvalue weighted by atomic mass is 16.5. The molecule has 1 aromatic carbocycles. The van der Waals surface area contributed by atoms with Crippen molar-refractivity contribution in [2.75, 3.05) is 6.61 Å². The zero-order valence-corrected chi connectivity index (χ0v) is 9.22. The van der Waals surface area contributed by atoms with Gasteiger partial charge in [0.2, 0.25) is 0 Å². The number of aldehydes is 1. The summed E-state index contributed by atoms with van der Waals surface area (Å²) in [5, 5.41) is 0. The van der Waals surface area contributed by atoms with Crippen LogP contribution in [0.25, 0.3) is 0 Å². The number of unbranched alkanes of at least 4 members (excludes halogenated alkanes) is 3. The first-order valence-corrected chi connectivity index (χ1v) is 5.50. The third-order valence-corrected chi connectivity index (χ3v) is 2.21. The van der Waals surface area contributed by atoms with Gasteiger partial charge in [0.05, 0.1) is 12.2 Å². The molecule has 0 fully saturated rings. The Morgan fingerprint density at radius 2 is 1.88 bits per heavy atom. The van der Waals surface area contributed by atoms with E-state index < -0.39 is 0 Å². The third-order valence-electron chi connectivity index (χ3n) is 2.21. The van der Waals surface area contributed by atoms with E-state index in [-0.39, 0.29) is 5.97 Å². The van der Waals surface area contributed by atoms with Gasteiger partial charge < -0.3 is 9.53 Å². The molecular formula is C13H16O3. The van der Waals surface area contributed by atoms with Crippen LogP contribution in [0.15, 0.2) is 30.3 Å². The molecule has 0 N–H and O–H groups in total. The molecule has 0 saturated heterocycles. The lowest BCUT2D eigenvalue weighted by atomic mass is 10.2. The van der Waals surface area contributed by atoms with Crippen LogP contribution in [0.4, 0.5) is 0 Å². The van der Waals surface area contributed by atoms with Crippen molar-refractivity contribution in [1.29, 1.82) is 0 Å². The second kappa shape index (κ2) is 7.63. The summed E-state index contributed by atoms with van der Waals surface area (Å²) in [6.07, 6.45) is 4.10. The Bertz CT molecular complexity index is 319. The van der Waals surface area contributed by atoms with E-state index in [1.54, 1.807) is 24.3 Å². The highest BCUT2D eigenvalue weighted by Gasteiger charge is 2.04. The van der Waals surface area contributed by atoms with Crippen molar-refractivity contribution in [3.63, 3.8) is 0 Å². The van der Waals surface area contributed by atoms with E-state index >= 15 is 0 Å². The first kappa shape index (κ1) is 12.4. The topological polar surface area (TPSA) is 43.4 Å². The highest BCUT2D eigenvalue weighted by Crippen LogP contribution is 2.03. The summed E-state index contributed by atoms with van der Waals surface area (Å²) < 4.78 is 5.08. The Morgan fingerprint density at radius 3 is 2.56 bits per heavy atom. The fourth-order valence-electron chi connectivity index (χ4n) is 1.33. The highest BCUT2D eigenvalue weighted by molar-refractivity contribution is 5.89. The number of carbonyl (C=O) groups excluding carboxylic acids is 2. The van der Waals surface area contributed by atoms with Crippen molar-refractivity contribution in [3.05, 3.63) is 35.9 Å². The average molecular weight is 220 g/mol. The van der Waals surface area contributed by atoms with Gasteiger partial charge in [0.1, 0.15) is 6.29 Å². The summed E-state index contributed by atoms with van der Waals surface area (Å²) in [4.78, 5) is 21.5. The van der Waals surface area contributed by atoms with Crippen LogP contribution in [0.3, 0.4) is 0 Å². The minimum atomic E-state index is -0.281. The maximum Gasteiger partial charge on any atom is 0.338 e. The second-order valence-corrected chi connectivity index (χ2v) is 3.52. The minimum absolute atomic E-state index is 0.281. The van der Waals surface area contributed by atoms with Crippen molar-refractivity contribution >= 4 is 12.3 Å². The summed E-state index contributed by atoms with van der Waals surface area (Å²) >= 11 is 0. The van der Waals surface area contributed by atoms with Gasteiger partial charge in [0.15, 0.2) is 0 Å². The monoisotopic (exact) mass is 220 g/mol. The lowest BCUT2D eigenvalue weighted by Gasteiger charge is -2.03. The Labute approximate surface area is 95.4 Å². The molecule has 0 radical (unpaired) electrons. The van der Waals surface area contributed by atoms with Gasteiger partial charge in [-0.2, -0.15) is 0 Å². The minimum Gasteiger partial charge on any atom is -0.462 e. The average Bonchev–Trinajstić information content (AvgIpc) is 2.34. The molecule has 0 atom stereocenters. The van der Waals surface area contributed by atoms with Crippen LogP contribution in [-0.2, 0) is 9.53 Å². The maximum atomic E-state index is 11.5. The maximum absolute atomic E-state index is 11.5. The van der Waals surface area contributed by atoms with Gasteiger partial charge in [0, 0.05) is 6.42 Å². The Balaban J connectivity index is 2.14. The SMILES string of the molecule is O=CCCCCCOC(=O)c1ccccc1. The van der Waals surface area contributed by atoms with Crippen molar-refractivity contribution in [3.8, 4) is 0 Å². The quantitative estimate of drug-likeness (QED) is 0.403. The molecule has 1 rings (SSSR count). The van der Waals surface area contributed by atoms with Crippen molar-refractivity contribution in [2.24, 2.45) is 0 Å². The molecule has 0 spiro atoms. The summed E-state index contributed by atoms with van der Waals surface area (Å²) in [5.74, 6) is -0.281. The number of hydrogen-bond acceptors (Lipinski definition) is 3. The molecule has 0 bridgehead atoms. The largest absolute Gasteiger partial charge is 0.462 e. The van der Waals surface area contributed by atoms with Gasteiger partial charge in [-0.3, -0.25) is 0 Å². The lowest BCUT2D eigenvalue weighted by Crippen LogP contribution is -2.06. The number of rotatable bonds is 7. The van der Waals surface area contributed by atoms with Gasteiger partial charge in [-0.15, -0.1) is 0 Å². The molecule has 0 aliphatic rings. The van der Waals surface area contributed by atoms with Crippen LogP contribution in [0.5, 0.6) is 0 Å². The molecule has 86 valence electrons. The van der Waals surface area contributed by atoms with E-state index in [2.05, 4.69) is 0 Å². The van der Waals surface area contributed by atoms with Crippen molar-refractivity contribution in [2.45, 2.75) is 25.7 Å². The molecule has 0 aromatic heterocycles. The first-order chi connectivity index (χ1) is 7.84. The second-order valence-electron chi connectivity index (χ2n) is 3.52. The normalized spacial score (nSPS) is 9.75. The summed E-state index contributed by atoms with van der Waals surface area (Å²) in [7, 11) is 0. The zero-order chi connectivity index (χ0) is 11.6. The summed E-state index contributed by atoms with van der Waals surface area (Å²) in [6, 6.07) is 8.93. The summed E-state index contributed by atoms with van der Waals surface area (Å²) in [6.45, 7) is 0.423. The molecular weight excluding hydrogens is 204 g/mol. The Morgan fingerprint density at radius 1 is 1.12 bits per heavy atom. The molecule has 0 amide bonds. The van der Waals surface area contributed by atoms with E-state index in [0.29, 0.717) is 18.6 Å². The van der Waals surface area contributed by atoms with Gasteiger partial charge in [-0.1, -0.05) is 18.2 Å². The van der Waals surface area contributed by atoms with E-state index in [1.165, 1.54) is 0 Å². The molecule has 0 aliphatic carbocycles. The zero-order valence-electron chi connectivity index (χ0n) is 9.22.